The molecule has 0 fully saturated rings. The van der Waals surface area contributed by atoms with Crippen molar-refractivity contribution >= 4 is 11.4 Å². The van der Waals surface area contributed by atoms with E-state index in [0.29, 0.717) is 18.8 Å². The molecule has 0 radical (unpaired) electrons. The highest BCUT2D eigenvalue weighted by molar-refractivity contribution is 5.59. The molecule has 1 aromatic carbocycles. The van der Waals surface area contributed by atoms with Crippen molar-refractivity contribution in [1.82, 2.24) is 0 Å². The molecule has 0 saturated carbocycles. The van der Waals surface area contributed by atoms with Crippen LogP contribution in [-0.4, -0.2) is 24.9 Å². The Bertz CT molecular complexity index is 329. The molecule has 0 aliphatic rings. The molecule has 0 spiro atoms. The molecule has 1 aromatic rings. The van der Waals surface area contributed by atoms with Crippen LogP contribution >= 0.6 is 0 Å². The van der Waals surface area contributed by atoms with Crippen LogP contribution in [0, 0.1) is 5.92 Å². The SMILES string of the molecule is CCOc1cc(N)cc(NCC(C)CO)c1. The summed E-state index contributed by atoms with van der Waals surface area (Å²) < 4.78 is 5.39. The predicted octanol–water partition coefficient (Wildman–Crippen LogP) is 1.71. The van der Waals surface area contributed by atoms with Gasteiger partial charge in [0.05, 0.1) is 6.61 Å². The monoisotopic (exact) mass is 224 g/mol. The number of hydrogen-bond acceptors (Lipinski definition) is 4. The van der Waals surface area contributed by atoms with Crippen LogP contribution in [0.2, 0.25) is 0 Å². The molecule has 0 aliphatic carbocycles. The molecule has 16 heavy (non-hydrogen) atoms. The Balaban J connectivity index is 2.64. The van der Waals surface area contributed by atoms with E-state index in [4.69, 9.17) is 15.6 Å². The third-order valence-electron chi connectivity index (χ3n) is 2.21. The van der Waals surface area contributed by atoms with Gasteiger partial charge in [-0.25, -0.2) is 0 Å². The highest BCUT2D eigenvalue weighted by atomic mass is 16.5. The molecule has 0 saturated heterocycles. The number of benzene rings is 1. The number of aliphatic hydroxyl groups excluding tert-OH is 1. The van der Waals surface area contributed by atoms with Gasteiger partial charge in [0.15, 0.2) is 0 Å². The number of nitrogens with two attached hydrogens (primary N) is 1. The fourth-order valence-electron chi connectivity index (χ4n) is 1.33. The van der Waals surface area contributed by atoms with E-state index in [1.807, 2.05) is 26.0 Å². The minimum atomic E-state index is 0.174. The lowest BCUT2D eigenvalue weighted by atomic mass is 10.2. The van der Waals surface area contributed by atoms with Crippen LogP contribution in [0.1, 0.15) is 13.8 Å². The van der Waals surface area contributed by atoms with Crippen molar-refractivity contribution in [3.63, 3.8) is 0 Å². The lowest BCUT2D eigenvalue weighted by molar-refractivity contribution is 0.244. The normalized spacial score (nSPS) is 12.2. The molecule has 4 heteroatoms. The summed E-state index contributed by atoms with van der Waals surface area (Å²) in [5, 5.41) is 12.1. The second-order valence-corrected chi connectivity index (χ2v) is 3.89. The number of ether oxygens (including phenoxy) is 1. The molecule has 90 valence electrons. The van der Waals surface area contributed by atoms with Gasteiger partial charge in [-0.05, 0) is 18.9 Å². The van der Waals surface area contributed by atoms with E-state index in [2.05, 4.69) is 5.32 Å². The lowest BCUT2D eigenvalue weighted by Gasteiger charge is -2.13. The summed E-state index contributed by atoms with van der Waals surface area (Å²) in [4.78, 5) is 0. The summed E-state index contributed by atoms with van der Waals surface area (Å²) in [7, 11) is 0. The van der Waals surface area contributed by atoms with Crippen molar-refractivity contribution in [3.05, 3.63) is 18.2 Å². The predicted molar refractivity (Wildman–Crippen MR) is 66.8 cm³/mol. The molecule has 0 bridgehead atoms. The minimum Gasteiger partial charge on any atom is -0.494 e. The Morgan fingerprint density at radius 2 is 2.19 bits per heavy atom. The van der Waals surface area contributed by atoms with Gasteiger partial charge in [-0.1, -0.05) is 6.92 Å². The summed E-state index contributed by atoms with van der Waals surface area (Å²) in [5.74, 6) is 0.985. The quantitative estimate of drug-likeness (QED) is 0.643. The highest BCUT2D eigenvalue weighted by Crippen LogP contribution is 2.22. The first kappa shape index (κ1) is 12.6. The van der Waals surface area contributed by atoms with Crippen LogP contribution in [-0.2, 0) is 0 Å². The summed E-state index contributed by atoms with van der Waals surface area (Å²) in [6, 6.07) is 5.56. The van der Waals surface area contributed by atoms with Gasteiger partial charge >= 0.3 is 0 Å². The molecule has 0 amide bonds. The zero-order valence-electron chi connectivity index (χ0n) is 9.86. The molecular formula is C12H20N2O2. The number of aliphatic hydroxyl groups is 1. The van der Waals surface area contributed by atoms with E-state index in [1.54, 1.807) is 6.07 Å². The van der Waals surface area contributed by atoms with Crippen molar-refractivity contribution in [1.29, 1.82) is 0 Å². The first-order chi connectivity index (χ1) is 7.65. The molecule has 4 nitrogen and oxygen atoms in total. The third kappa shape index (κ3) is 3.98. The van der Waals surface area contributed by atoms with Crippen LogP contribution in [0.3, 0.4) is 0 Å². The van der Waals surface area contributed by atoms with Gasteiger partial charge in [0, 0.05) is 36.7 Å². The molecule has 0 aliphatic heterocycles. The Morgan fingerprint density at radius 1 is 1.44 bits per heavy atom. The molecule has 1 unspecified atom stereocenters. The van der Waals surface area contributed by atoms with E-state index in [9.17, 15) is 0 Å². The van der Waals surface area contributed by atoms with Crippen LogP contribution < -0.4 is 15.8 Å². The van der Waals surface area contributed by atoms with Crippen molar-refractivity contribution in [2.24, 2.45) is 5.92 Å². The standard InChI is InChI=1S/C12H20N2O2/c1-3-16-12-5-10(13)4-11(6-12)14-7-9(2)8-15/h4-6,9,14-15H,3,7-8,13H2,1-2H3. The van der Waals surface area contributed by atoms with Crippen molar-refractivity contribution in [2.75, 3.05) is 30.8 Å². The van der Waals surface area contributed by atoms with Crippen molar-refractivity contribution in [2.45, 2.75) is 13.8 Å². The average Bonchev–Trinajstić information content (AvgIpc) is 2.25. The second-order valence-electron chi connectivity index (χ2n) is 3.89. The highest BCUT2D eigenvalue weighted by Gasteiger charge is 2.02. The Hall–Kier alpha value is -1.42. The van der Waals surface area contributed by atoms with Gasteiger partial charge in [-0.2, -0.15) is 0 Å². The van der Waals surface area contributed by atoms with E-state index in [0.717, 1.165) is 11.4 Å². The number of nitrogens with one attached hydrogen (secondary N) is 1. The van der Waals surface area contributed by atoms with Crippen LogP contribution in [0.25, 0.3) is 0 Å². The smallest absolute Gasteiger partial charge is 0.123 e. The summed E-state index contributed by atoms with van der Waals surface area (Å²) in [6.07, 6.45) is 0. The summed E-state index contributed by atoms with van der Waals surface area (Å²) >= 11 is 0. The molecular weight excluding hydrogens is 204 g/mol. The van der Waals surface area contributed by atoms with Crippen LogP contribution in [0.4, 0.5) is 11.4 Å². The van der Waals surface area contributed by atoms with Gasteiger partial charge in [-0.15, -0.1) is 0 Å². The number of rotatable bonds is 6. The molecule has 4 N–H and O–H groups in total. The third-order valence-corrected chi connectivity index (χ3v) is 2.21. The molecule has 0 heterocycles. The maximum absolute atomic E-state index is 8.92. The zero-order valence-corrected chi connectivity index (χ0v) is 9.86. The first-order valence-corrected chi connectivity index (χ1v) is 5.53. The van der Waals surface area contributed by atoms with Crippen molar-refractivity contribution < 1.29 is 9.84 Å². The fourth-order valence-corrected chi connectivity index (χ4v) is 1.33. The largest absolute Gasteiger partial charge is 0.494 e. The molecule has 1 atom stereocenters. The van der Waals surface area contributed by atoms with Gasteiger partial charge < -0.3 is 20.9 Å². The van der Waals surface area contributed by atoms with E-state index < -0.39 is 0 Å². The lowest BCUT2D eigenvalue weighted by Crippen LogP contribution is -2.14. The number of hydrogen-bond donors (Lipinski definition) is 3. The number of anilines is 2. The van der Waals surface area contributed by atoms with Gasteiger partial charge in [0.2, 0.25) is 0 Å². The van der Waals surface area contributed by atoms with E-state index >= 15 is 0 Å². The summed E-state index contributed by atoms with van der Waals surface area (Å²) in [6.45, 7) is 5.42. The molecule has 1 rings (SSSR count). The Morgan fingerprint density at radius 3 is 2.81 bits per heavy atom. The van der Waals surface area contributed by atoms with Crippen LogP contribution in [0.5, 0.6) is 5.75 Å². The van der Waals surface area contributed by atoms with E-state index in [-0.39, 0.29) is 12.5 Å². The topological polar surface area (TPSA) is 67.5 Å². The Labute approximate surface area is 96.4 Å². The summed E-state index contributed by atoms with van der Waals surface area (Å²) in [5.41, 5.74) is 7.35. The zero-order chi connectivity index (χ0) is 12.0. The first-order valence-electron chi connectivity index (χ1n) is 5.53. The number of nitrogen functional groups attached to an aromatic ring is 1. The fraction of sp³-hybridized carbons (Fsp3) is 0.500. The van der Waals surface area contributed by atoms with Crippen LogP contribution in [0.15, 0.2) is 18.2 Å². The average molecular weight is 224 g/mol. The van der Waals surface area contributed by atoms with E-state index in [1.165, 1.54) is 0 Å². The minimum absolute atomic E-state index is 0.174. The Kier molecular flexibility index (Phi) is 4.92. The second kappa shape index (κ2) is 6.23. The van der Waals surface area contributed by atoms with Gasteiger partial charge in [0.25, 0.3) is 0 Å². The molecule has 0 aromatic heterocycles. The van der Waals surface area contributed by atoms with Crippen molar-refractivity contribution in [3.8, 4) is 5.75 Å². The van der Waals surface area contributed by atoms with Gasteiger partial charge in [0.1, 0.15) is 5.75 Å². The maximum Gasteiger partial charge on any atom is 0.123 e. The maximum atomic E-state index is 8.92. The van der Waals surface area contributed by atoms with Gasteiger partial charge in [-0.3, -0.25) is 0 Å².